The van der Waals surface area contributed by atoms with Crippen LogP contribution in [-0.2, 0) is 18.6 Å². The summed E-state index contributed by atoms with van der Waals surface area (Å²) in [5.74, 6) is 0.0328. The molecule has 1 aromatic rings. The van der Waals surface area contributed by atoms with Gasteiger partial charge in [-0.05, 0) is 6.07 Å². The van der Waals surface area contributed by atoms with Gasteiger partial charge in [-0.25, -0.2) is 9.36 Å². The molecular weight excluding hydrogens is 321 g/mol. The first-order valence-corrected chi connectivity index (χ1v) is 7.77. The van der Waals surface area contributed by atoms with Gasteiger partial charge in [-0.3, -0.25) is 9.09 Å². The minimum atomic E-state index is -4.73. The van der Waals surface area contributed by atoms with Crippen LogP contribution in [0.15, 0.2) is 17.1 Å². The highest BCUT2D eigenvalue weighted by atomic mass is 31.2. The molecule has 0 unspecified atom stereocenters. The number of fused-ring (bicyclic) bond motifs is 2. The fourth-order valence-electron chi connectivity index (χ4n) is 2.55. The Morgan fingerprint density at radius 3 is 2.95 bits per heavy atom. The van der Waals surface area contributed by atoms with Crippen molar-refractivity contribution in [2.24, 2.45) is 0 Å². The van der Waals surface area contributed by atoms with Crippen LogP contribution in [-0.4, -0.2) is 55.5 Å². The molecule has 22 heavy (non-hydrogen) atoms. The Balaban J connectivity index is 1.86. The summed E-state index contributed by atoms with van der Waals surface area (Å²) in [5, 5.41) is 10.2. The zero-order valence-corrected chi connectivity index (χ0v) is 12.0. The van der Waals surface area contributed by atoms with Crippen molar-refractivity contribution in [2.45, 2.75) is 24.0 Å². The van der Waals surface area contributed by atoms with Crippen LogP contribution in [0.25, 0.3) is 0 Å². The van der Waals surface area contributed by atoms with Gasteiger partial charge in [0.2, 0.25) is 0 Å². The van der Waals surface area contributed by atoms with Gasteiger partial charge in [0.1, 0.15) is 23.6 Å². The number of rotatable bonds is 4. The van der Waals surface area contributed by atoms with E-state index in [1.165, 1.54) is 12.3 Å². The van der Waals surface area contributed by atoms with Crippen LogP contribution in [0.1, 0.15) is 6.23 Å². The van der Waals surface area contributed by atoms with E-state index >= 15 is 0 Å². The van der Waals surface area contributed by atoms with Crippen LogP contribution in [0, 0.1) is 0 Å². The lowest BCUT2D eigenvalue weighted by Crippen LogP contribution is -2.45. The van der Waals surface area contributed by atoms with Gasteiger partial charge >= 0.3 is 13.5 Å². The average molecular weight is 335 g/mol. The molecule has 12 heteroatoms. The number of phosphoric ester groups is 1. The second-order valence-electron chi connectivity index (χ2n) is 5.10. The van der Waals surface area contributed by atoms with Crippen LogP contribution < -0.4 is 11.4 Å². The Bertz CT molecular complexity index is 689. The van der Waals surface area contributed by atoms with Crippen molar-refractivity contribution in [1.82, 2.24) is 9.55 Å². The number of anilines is 1. The zero-order chi connectivity index (χ0) is 16.1. The largest absolute Gasteiger partial charge is 0.469 e. The molecule has 3 heterocycles. The third kappa shape index (κ3) is 2.57. The van der Waals surface area contributed by atoms with Crippen molar-refractivity contribution in [3.63, 3.8) is 0 Å². The number of nitrogen functional groups attached to an aromatic ring is 1. The van der Waals surface area contributed by atoms with Crippen molar-refractivity contribution in [2.75, 3.05) is 18.9 Å². The van der Waals surface area contributed by atoms with E-state index in [0.29, 0.717) is 0 Å². The number of aliphatic hydroxyl groups is 1. The van der Waals surface area contributed by atoms with Gasteiger partial charge in [-0.1, -0.05) is 0 Å². The highest BCUT2D eigenvalue weighted by molar-refractivity contribution is 7.46. The van der Waals surface area contributed by atoms with E-state index in [1.807, 2.05) is 0 Å². The quantitative estimate of drug-likeness (QED) is 0.450. The van der Waals surface area contributed by atoms with Crippen LogP contribution >= 0.6 is 7.82 Å². The molecule has 2 bridgehead atoms. The molecule has 11 nitrogen and oxygen atoms in total. The predicted octanol–water partition coefficient (Wildman–Crippen LogP) is -2.04. The molecule has 0 saturated carbocycles. The summed E-state index contributed by atoms with van der Waals surface area (Å²) in [6, 6.07) is 1.38. The van der Waals surface area contributed by atoms with E-state index in [0.717, 1.165) is 4.57 Å². The molecule has 2 saturated heterocycles. The third-order valence-corrected chi connectivity index (χ3v) is 4.07. The molecule has 0 amide bonds. The number of hydrogen-bond donors (Lipinski definition) is 4. The van der Waals surface area contributed by atoms with Crippen LogP contribution in [0.4, 0.5) is 5.82 Å². The first-order valence-electron chi connectivity index (χ1n) is 6.24. The third-order valence-electron chi connectivity index (χ3n) is 3.61. The Hall–Kier alpha value is -1.33. The summed E-state index contributed by atoms with van der Waals surface area (Å²) in [5.41, 5.74) is 3.24. The maximum atomic E-state index is 11.8. The van der Waals surface area contributed by atoms with Gasteiger partial charge in [0.05, 0.1) is 13.2 Å². The molecular formula is C10H14N3O8P. The maximum absolute atomic E-state index is 11.8. The number of aliphatic hydroxyl groups excluding tert-OH is 1. The van der Waals surface area contributed by atoms with E-state index in [4.69, 9.17) is 25.0 Å². The van der Waals surface area contributed by atoms with Gasteiger partial charge in [0, 0.05) is 6.20 Å². The maximum Gasteiger partial charge on any atom is 0.469 e. The number of nitrogens with zero attached hydrogens (tertiary/aromatic N) is 2. The number of phosphoric acid groups is 1. The molecule has 0 aliphatic carbocycles. The molecule has 2 aliphatic rings. The molecule has 2 fully saturated rings. The normalized spacial score (nSPS) is 34.2. The summed E-state index contributed by atoms with van der Waals surface area (Å²) in [7, 11) is -4.73. The van der Waals surface area contributed by atoms with Gasteiger partial charge in [-0.2, -0.15) is 4.98 Å². The Kier molecular flexibility index (Phi) is 3.61. The second-order valence-corrected chi connectivity index (χ2v) is 6.34. The highest BCUT2D eigenvalue weighted by Crippen LogP contribution is 2.47. The lowest BCUT2D eigenvalue weighted by atomic mass is 10.0. The monoisotopic (exact) mass is 335 g/mol. The smallest absolute Gasteiger partial charge is 0.387 e. The second kappa shape index (κ2) is 5.10. The number of hydrogen-bond acceptors (Lipinski definition) is 8. The van der Waals surface area contributed by atoms with E-state index in [-0.39, 0.29) is 12.4 Å². The summed E-state index contributed by atoms with van der Waals surface area (Å²) in [6.07, 6.45) is -1.76. The Morgan fingerprint density at radius 1 is 1.59 bits per heavy atom. The van der Waals surface area contributed by atoms with Gasteiger partial charge in [-0.15, -0.1) is 0 Å². The van der Waals surface area contributed by atoms with Crippen molar-refractivity contribution < 1.29 is 33.5 Å². The minimum absolute atomic E-state index is 0.0328. The van der Waals surface area contributed by atoms with E-state index in [2.05, 4.69) is 9.51 Å². The van der Waals surface area contributed by atoms with Crippen molar-refractivity contribution in [3.05, 3.63) is 22.7 Å². The van der Waals surface area contributed by atoms with E-state index < -0.39 is 44.2 Å². The van der Waals surface area contributed by atoms with Crippen LogP contribution in [0.3, 0.4) is 0 Å². The minimum Gasteiger partial charge on any atom is -0.387 e. The van der Waals surface area contributed by atoms with Gasteiger partial charge in [0.15, 0.2) is 6.23 Å². The first kappa shape index (κ1) is 15.6. The topological polar surface area (TPSA) is 166 Å². The molecule has 4 atom stereocenters. The molecule has 5 N–H and O–H groups in total. The lowest BCUT2D eigenvalue weighted by molar-refractivity contribution is -0.186. The standard InChI is InChI=1S/C10H14N3O8P/c11-5-1-2-13(9(15)12-5)8-6-7(14)10(21-8,3-19-6)4-20-22(16,17)18/h1-2,6-8,14H,3-4H2,(H2,11,12,15)(H2,16,17,18)/t6-,7+,8-,10-/m1/s1. The van der Waals surface area contributed by atoms with Gasteiger partial charge in [0.25, 0.3) is 0 Å². The van der Waals surface area contributed by atoms with Gasteiger partial charge < -0.3 is 30.1 Å². The number of aromatic nitrogens is 2. The molecule has 122 valence electrons. The van der Waals surface area contributed by atoms with Crippen LogP contribution in [0.5, 0.6) is 0 Å². The Morgan fingerprint density at radius 2 is 2.32 bits per heavy atom. The SMILES string of the molecule is Nc1ccn([C@@H]2O[C@@]3(COP(=O)(O)O)CO[C@@H]2[C@@H]3O)c(=O)n1. The Labute approximate surface area is 123 Å². The fraction of sp³-hybridized carbons (Fsp3) is 0.600. The average Bonchev–Trinajstić information content (AvgIpc) is 2.87. The predicted molar refractivity (Wildman–Crippen MR) is 69.5 cm³/mol. The first-order chi connectivity index (χ1) is 10.2. The summed E-state index contributed by atoms with van der Waals surface area (Å²) < 4.78 is 27.3. The van der Waals surface area contributed by atoms with Crippen molar-refractivity contribution >= 4 is 13.6 Å². The molecule has 2 aliphatic heterocycles. The summed E-state index contributed by atoms with van der Waals surface area (Å²) in [4.78, 5) is 32.9. The number of nitrogens with two attached hydrogens (primary N) is 1. The fourth-order valence-corrected chi connectivity index (χ4v) is 2.94. The highest BCUT2D eigenvalue weighted by Gasteiger charge is 2.62. The molecule has 0 radical (unpaired) electrons. The van der Waals surface area contributed by atoms with E-state index in [1.54, 1.807) is 0 Å². The zero-order valence-electron chi connectivity index (χ0n) is 11.1. The molecule has 0 aromatic carbocycles. The van der Waals surface area contributed by atoms with E-state index in [9.17, 15) is 14.5 Å². The number of ether oxygens (including phenoxy) is 2. The van der Waals surface area contributed by atoms with Crippen molar-refractivity contribution in [1.29, 1.82) is 0 Å². The summed E-state index contributed by atoms with van der Waals surface area (Å²) in [6.45, 7) is -0.699. The summed E-state index contributed by atoms with van der Waals surface area (Å²) >= 11 is 0. The van der Waals surface area contributed by atoms with Crippen molar-refractivity contribution in [3.8, 4) is 0 Å². The molecule has 1 aromatic heterocycles. The lowest BCUT2D eigenvalue weighted by Gasteiger charge is -2.30. The van der Waals surface area contributed by atoms with Crippen LogP contribution in [0.2, 0.25) is 0 Å². The molecule has 3 rings (SSSR count). The molecule has 0 spiro atoms.